The molecular formula is C11H9ClN2O. The SMILES string of the molecule is Clc1ccc(CN=Cc2ccco2)cn1. The standard InChI is InChI=1S/C11H9ClN2O/c12-11-4-3-9(7-14-11)6-13-8-10-2-1-5-15-10/h1-5,7-8H,6H2. The molecule has 0 bridgehead atoms. The Kier molecular flexibility index (Phi) is 3.15. The van der Waals surface area contributed by atoms with E-state index < -0.39 is 0 Å². The van der Waals surface area contributed by atoms with Gasteiger partial charge in [0.05, 0.1) is 19.0 Å². The number of furan rings is 1. The van der Waals surface area contributed by atoms with Crippen molar-refractivity contribution in [2.75, 3.05) is 0 Å². The molecule has 0 N–H and O–H groups in total. The fourth-order valence-electron chi connectivity index (χ4n) is 1.11. The molecule has 0 atom stereocenters. The van der Waals surface area contributed by atoms with Crippen molar-refractivity contribution in [2.24, 2.45) is 4.99 Å². The summed E-state index contributed by atoms with van der Waals surface area (Å²) in [6.07, 6.45) is 5.02. The van der Waals surface area contributed by atoms with Gasteiger partial charge in [-0.05, 0) is 23.8 Å². The molecular weight excluding hydrogens is 212 g/mol. The van der Waals surface area contributed by atoms with Crippen LogP contribution in [0.15, 0.2) is 46.1 Å². The van der Waals surface area contributed by atoms with Crippen molar-refractivity contribution in [2.45, 2.75) is 6.54 Å². The van der Waals surface area contributed by atoms with Gasteiger partial charge in [-0.25, -0.2) is 4.98 Å². The van der Waals surface area contributed by atoms with Crippen LogP contribution in [0.3, 0.4) is 0 Å². The summed E-state index contributed by atoms with van der Waals surface area (Å²) in [7, 11) is 0. The molecule has 0 amide bonds. The van der Waals surface area contributed by atoms with Crippen LogP contribution in [0.5, 0.6) is 0 Å². The molecule has 0 aromatic carbocycles. The van der Waals surface area contributed by atoms with E-state index >= 15 is 0 Å². The van der Waals surface area contributed by atoms with Crippen molar-refractivity contribution >= 4 is 17.8 Å². The topological polar surface area (TPSA) is 38.4 Å². The van der Waals surface area contributed by atoms with Crippen molar-refractivity contribution < 1.29 is 4.42 Å². The molecule has 0 fully saturated rings. The second kappa shape index (κ2) is 4.75. The van der Waals surface area contributed by atoms with Crippen LogP contribution in [0.2, 0.25) is 5.15 Å². The molecule has 2 aromatic rings. The van der Waals surface area contributed by atoms with Gasteiger partial charge in [0.2, 0.25) is 0 Å². The van der Waals surface area contributed by atoms with Crippen molar-refractivity contribution in [1.29, 1.82) is 0 Å². The zero-order valence-corrected chi connectivity index (χ0v) is 8.69. The lowest BCUT2D eigenvalue weighted by molar-refractivity contribution is 0.560. The fourth-order valence-corrected chi connectivity index (χ4v) is 1.22. The highest BCUT2D eigenvalue weighted by Crippen LogP contribution is 2.06. The van der Waals surface area contributed by atoms with Crippen LogP contribution in [0, 0.1) is 0 Å². The molecule has 2 heterocycles. The van der Waals surface area contributed by atoms with E-state index in [1.54, 1.807) is 24.7 Å². The Hall–Kier alpha value is -1.61. The number of rotatable bonds is 3. The van der Waals surface area contributed by atoms with Gasteiger partial charge in [0, 0.05) is 6.20 Å². The van der Waals surface area contributed by atoms with Gasteiger partial charge < -0.3 is 4.42 Å². The van der Waals surface area contributed by atoms with Gasteiger partial charge in [0.1, 0.15) is 10.9 Å². The molecule has 2 rings (SSSR count). The van der Waals surface area contributed by atoms with Crippen LogP contribution >= 0.6 is 11.6 Å². The summed E-state index contributed by atoms with van der Waals surface area (Å²) in [5, 5.41) is 0.494. The minimum absolute atomic E-state index is 0.494. The number of pyridine rings is 1. The predicted molar refractivity (Wildman–Crippen MR) is 59.3 cm³/mol. The minimum Gasteiger partial charge on any atom is -0.463 e. The minimum atomic E-state index is 0.494. The monoisotopic (exact) mass is 220 g/mol. The Morgan fingerprint density at radius 2 is 2.33 bits per heavy atom. The zero-order chi connectivity index (χ0) is 10.5. The number of halogens is 1. The van der Waals surface area contributed by atoms with Crippen LogP contribution in [-0.2, 0) is 6.54 Å². The highest BCUT2D eigenvalue weighted by Gasteiger charge is 1.92. The van der Waals surface area contributed by atoms with Crippen molar-refractivity contribution in [3.8, 4) is 0 Å². The molecule has 0 unspecified atom stereocenters. The van der Waals surface area contributed by atoms with E-state index in [-0.39, 0.29) is 0 Å². The Balaban J connectivity index is 1.96. The van der Waals surface area contributed by atoms with Gasteiger partial charge >= 0.3 is 0 Å². The summed E-state index contributed by atoms with van der Waals surface area (Å²) in [6, 6.07) is 7.32. The second-order valence-electron chi connectivity index (χ2n) is 2.97. The van der Waals surface area contributed by atoms with E-state index in [9.17, 15) is 0 Å². The number of aromatic nitrogens is 1. The van der Waals surface area contributed by atoms with Gasteiger partial charge in [0.25, 0.3) is 0 Å². The van der Waals surface area contributed by atoms with E-state index in [1.165, 1.54) is 0 Å². The van der Waals surface area contributed by atoms with Gasteiger partial charge in [-0.3, -0.25) is 4.99 Å². The lowest BCUT2D eigenvalue weighted by Crippen LogP contribution is -1.84. The van der Waals surface area contributed by atoms with Crippen LogP contribution in [0.1, 0.15) is 11.3 Å². The first-order chi connectivity index (χ1) is 7.34. The summed E-state index contributed by atoms with van der Waals surface area (Å²) in [5.41, 5.74) is 1.02. The molecule has 2 aromatic heterocycles. The summed E-state index contributed by atoms with van der Waals surface area (Å²) in [6.45, 7) is 0.574. The number of hydrogen-bond donors (Lipinski definition) is 0. The lowest BCUT2D eigenvalue weighted by atomic mass is 10.3. The highest BCUT2D eigenvalue weighted by molar-refractivity contribution is 6.29. The maximum atomic E-state index is 5.66. The van der Waals surface area contributed by atoms with Crippen LogP contribution < -0.4 is 0 Å². The smallest absolute Gasteiger partial charge is 0.144 e. The number of nitrogens with zero attached hydrogens (tertiary/aromatic N) is 2. The maximum Gasteiger partial charge on any atom is 0.144 e. The molecule has 0 saturated carbocycles. The average molecular weight is 221 g/mol. The van der Waals surface area contributed by atoms with E-state index in [1.807, 2.05) is 18.2 Å². The van der Waals surface area contributed by atoms with E-state index in [0.29, 0.717) is 11.7 Å². The number of hydrogen-bond acceptors (Lipinski definition) is 3. The highest BCUT2D eigenvalue weighted by atomic mass is 35.5. The average Bonchev–Trinajstić information content (AvgIpc) is 2.74. The molecule has 15 heavy (non-hydrogen) atoms. The molecule has 76 valence electrons. The Labute approximate surface area is 92.4 Å². The molecule has 0 radical (unpaired) electrons. The fraction of sp³-hybridized carbons (Fsp3) is 0.0909. The first-order valence-corrected chi connectivity index (χ1v) is 4.86. The van der Waals surface area contributed by atoms with E-state index in [4.69, 9.17) is 16.0 Å². The third-order valence-corrected chi connectivity index (χ3v) is 2.05. The molecule has 0 spiro atoms. The first kappa shape index (κ1) is 9.93. The van der Waals surface area contributed by atoms with E-state index in [0.717, 1.165) is 11.3 Å². The molecule has 3 nitrogen and oxygen atoms in total. The molecule has 0 saturated heterocycles. The number of aliphatic imine (C=N–C) groups is 1. The summed E-state index contributed by atoms with van der Waals surface area (Å²) < 4.78 is 5.10. The summed E-state index contributed by atoms with van der Waals surface area (Å²) in [5.74, 6) is 0.747. The lowest BCUT2D eigenvalue weighted by Gasteiger charge is -1.94. The Morgan fingerprint density at radius 3 is 3.00 bits per heavy atom. The van der Waals surface area contributed by atoms with Gasteiger partial charge in [-0.1, -0.05) is 17.7 Å². The molecule has 4 heteroatoms. The maximum absolute atomic E-state index is 5.66. The molecule has 0 aliphatic rings. The summed E-state index contributed by atoms with van der Waals surface area (Å²) >= 11 is 5.66. The molecule has 0 aliphatic heterocycles. The van der Waals surface area contributed by atoms with Crippen molar-refractivity contribution in [3.05, 3.63) is 53.2 Å². The van der Waals surface area contributed by atoms with Gasteiger partial charge in [0.15, 0.2) is 0 Å². The third-order valence-electron chi connectivity index (χ3n) is 1.82. The van der Waals surface area contributed by atoms with Crippen molar-refractivity contribution in [1.82, 2.24) is 4.98 Å². The first-order valence-electron chi connectivity index (χ1n) is 4.48. The summed E-state index contributed by atoms with van der Waals surface area (Å²) in [4.78, 5) is 8.17. The molecule has 0 aliphatic carbocycles. The van der Waals surface area contributed by atoms with Crippen molar-refractivity contribution in [3.63, 3.8) is 0 Å². The Morgan fingerprint density at radius 1 is 1.40 bits per heavy atom. The normalized spacial score (nSPS) is 11.0. The van der Waals surface area contributed by atoms with Gasteiger partial charge in [-0.15, -0.1) is 0 Å². The van der Waals surface area contributed by atoms with Crippen LogP contribution in [-0.4, -0.2) is 11.2 Å². The predicted octanol–water partition coefficient (Wildman–Crippen LogP) is 2.95. The van der Waals surface area contributed by atoms with E-state index in [2.05, 4.69) is 9.98 Å². The largest absolute Gasteiger partial charge is 0.463 e. The van der Waals surface area contributed by atoms with Crippen LogP contribution in [0.4, 0.5) is 0 Å². The Bertz CT molecular complexity index is 434. The quantitative estimate of drug-likeness (QED) is 0.589. The zero-order valence-electron chi connectivity index (χ0n) is 7.93. The van der Waals surface area contributed by atoms with Gasteiger partial charge in [-0.2, -0.15) is 0 Å². The van der Waals surface area contributed by atoms with Crippen LogP contribution in [0.25, 0.3) is 0 Å². The third kappa shape index (κ3) is 2.92. The second-order valence-corrected chi connectivity index (χ2v) is 3.36.